The van der Waals surface area contributed by atoms with Crippen LogP contribution >= 0.6 is 22.9 Å². The van der Waals surface area contributed by atoms with Gasteiger partial charge in [-0.2, -0.15) is 4.98 Å². The van der Waals surface area contributed by atoms with Crippen LogP contribution in [0.1, 0.15) is 35.5 Å². The van der Waals surface area contributed by atoms with Crippen LogP contribution in [-0.2, 0) is 6.42 Å². The van der Waals surface area contributed by atoms with Crippen LogP contribution in [0.15, 0.2) is 40.2 Å². The fourth-order valence-electron chi connectivity index (χ4n) is 2.43. The molecule has 0 aliphatic carbocycles. The zero-order valence-electron chi connectivity index (χ0n) is 13.9. The number of amides is 1. The van der Waals surface area contributed by atoms with E-state index in [0.29, 0.717) is 29.7 Å². The van der Waals surface area contributed by atoms with Crippen LogP contribution < -0.4 is 5.32 Å². The Hall–Kier alpha value is -2.38. The van der Waals surface area contributed by atoms with E-state index in [1.165, 1.54) is 18.2 Å². The molecule has 2 aromatic heterocycles. The van der Waals surface area contributed by atoms with Crippen molar-refractivity contribution in [2.75, 3.05) is 6.54 Å². The van der Waals surface area contributed by atoms with E-state index in [1.807, 2.05) is 17.5 Å². The van der Waals surface area contributed by atoms with Gasteiger partial charge in [-0.3, -0.25) is 4.79 Å². The number of carbonyl (C=O) groups is 1. The summed E-state index contributed by atoms with van der Waals surface area (Å²) in [5, 5.41) is 18.8. The molecule has 2 heterocycles. The molecule has 0 fully saturated rings. The molecule has 0 saturated heterocycles. The number of halogens is 1. The summed E-state index contributed by atoms with van der Waals surface area (Å²) < 4.78 is 5.25. The first-order valence-corrected chi connectivity index (χ1v) is 9.52. The number of rotatable bonds is 8. The molecule has 3 aromatic rings. The molecule has 8 heteroatoms. The van der Waals surface area contributed by atoms with Crippen LogP contribution in [0, 0.1) is 0 Å². The Labute approximate surface area is 159 Å². The number of aromatic hydroxyl groups is 1. The van der Waals surface area contributed by atoms with Crippen molar-refractivity contribution in [3.8, 4) is 16.5 Å². The van der Waals surface area contributed by atoms with E-state index in [4.69, 9.17) is 16.1 Å². The van der Waals surface area contributed by atoms with Crippen LogP contribution in [0.4, 0.5) is 0 Å². The molecule has 0 spiro atoms. The van der Waals surface area contributed by atoms with Gasteiger partial charge in [0.2, 0.25) is 11.7 Å². The lowest BCUT2D eigenvalue weighted by molar-refractivity contribution is 0.0950. The number of aromatic nitrogens is 2. The highest BCUT2D eigenvalue weighted by atomic mass is 35.5. The van der Waals surface area contributed by atoms with E-state index in [1.54, 1.807) is 11.3 Å². The summed E-state index contributed by atoms with van der Waals surface area (Å²) >= 11 is 7.42. The Morgan fingerprint density at radius 2 is 2.15 bits per heavy atom. The minimum atomic E-state index is -0.331. The minimum absolute atomic E-state index is 0.0789. The van der Waals surface area contributed by atoms with Crippen molar-refractivity contribution in [2.24, 2.45) is 0 Å². The lowest BCUT2D eigenvalue weighted by atomic mass is 10.1. The zero-order valence-corrected chi connectivity index (χ0v) is 15.5. The number of phenols is 1. The minimum Gasteiger partial charge on any atom is -0.507 e. The number of aryl methyl sites for hydroxylation is 1. The summed E-state index contributed by atoms with van der Waals surface area (Å²) in [6.07, 6.45) is 3.34. The molecule has 3 rings (SSSR count). The largest absolute Gasteiger partial charge is 0.507 e. The third-order valence-electron chi connectivity index (χ3n) is 3.77. The fourth-order valence-corrected chi connectivity index (χ4v) is 3.25. The molecule has 26 heavy (non-hydrogen) atoms. The summed E-state index contributed by atoms with van der Waals surface area (Å²) in [5.41, 5.74) is 0.185. The third-order valence-corrected chi connectivity index (χ3v) is 4.87. The number of thiophene rings is 1. The number of benzene rings is 1. The highest BCUT2D eigenvalue weighted by Crippen LogP contribution is 2.22. The lowest BCUT2D eigenvalue weighted by Crippen LogP contribution is -2.24. The Balaban J connectivity index is 1.36. The monoisotopic (exact) mass is 391 g/mol. The van der Waals surface area contributed by atoms with Crippen molar-refractivity contribution < 1.29 is 14.4 Å². The van der Waals surface area contributed by atoms with Crippen LogP contribution in [0.3, 0.4) is 0 Å². The van der Waals surface area contributed by atoms with Crippen molar-refractivity contribution in [3.05, 3.63) is 52.2 Å². The number of unbranched alkanes of at least 4 members (excludes halogenated alkanes) is 2. The summed E-state index contributed by atoms with van der Waals surface area (Å²) in [6, 6.07) is 8.31. The van der Waals surface area contributed by atoms with Gasteiger partial charge < -0.3 is 14.9 Å². The van der Waals surface area contributed by atoms with E-state index in [-0.39, 0.29) is 17.2 Å². The van der Waals surface area contributed by atoms with Gasteiger partial charge in [0.25, 0.3) is 5.91 Å². The molecule has 2 N–H and O–H groups in total. The van der Waals surface area contributed by atoms with Crippen molar-refractivity contribution in [1.29, 1.82) is 0 Å². The zero-order chi connectivity index (χ0) is 18.4. The van der Waals surface area contributed by atoms with Gasteiger partial charge >= 0.3 is 0 Å². The van der Waals surface area contributed by atoms with Crippen molar-refractivity contribution >= 4 is 28.8 Å². The number of nitrogens with one attached hydrogen (secondary N) is 1. The summed E-state index contributed by atoms with van der Waals surface area (Å²) in [5.74, 6) is 0.845. The molecule has 0 saturated carbocycles. The number of hydrogen-bond donors (Lipinski definition) is 2. The molecular formula is C18H18ClN3O3S. The molecule has 0 atom stereocenters. The molecular weight excluding hydrogens is 374 g/mol. The maximum absolute atomic E-state index is 12.0. The molecule has 0 bridgehead atoms. The Bertz CT molecular complexity index is 864. The van der Waals surface area contributed by atoms with Gasteiger partial charge in [-0.05, 0) is 42.5 Å². The average Bonchev–Trinajstić information content (AvgIpc) is 3.31. The smallest absolute Gasteiger partial charge is 0.255 e. The Kier molecular flexibility index (Phi) is 6.25. The van der Waals surface area contributed by atoms with Gasteiger partial charge in [0.15, 0.2) is 0 Å². The molecule has 0 aliphatic rings. The number of hydrogen-bond acceptors (Lipinski definition) is 6. The van der Waals surface area contributed by atoms with E-state index in [9.17, 15) is 9.90 Å². The second-order valence-corrected chi connectivity index (χ2v) is 7.10. The molecule has 0 aliphatic heterocycles. The first kappa shape index (κ1) is 18.4. The standard InChI is InChI=1S/C18H18ClN3O3S/c19-12-7-8-14(23)13(11-12)18(24)20-9-3-1-2-6-16-21-17(22-25-16)15-5-4-10-26-15/h4-5,7-8,10-11,23H,1-3,6,9H2,(H,20,24). The fraction of sp³-hybridized carbons (Fsp3) is 0.278. The quantitative estimate of drug-likeness (QED) is 0.559. The maximum Gasteiger partial charge on any atom is 0.255 e. The molecule has 1 aromatic carbocycles. The lowest BCUT2D eigenvalue weighted by Gasteiger charge is -2.07. The van der Waals surface area contributed by atoms with Crippen LogP contribution in [0.5, 0.6) is 5.75 Å². The van der Waals surface area contributed by atoms with Gasteiger partial charge in [0.05, 0.1) is 10.4 Å². The molecule has 0 radical (unpaired) electrons. The number of nitrogens with zero attached hydrogens (tertiary/aromatic N) is 2. The highest BCUT2D eigenvalue weighted by Gasteiger charge is 2.11. The second-order valence-electron chi connectivity index (χ2n) is 5.72. The molecule has 0 unspecified atom stereocenters. The Morgan fingerprint density at radius 1 is 1.27 bits per heavy atom. The van der Waals surface area contributed by atoms with Gasteiger partial charge in [-0.25, -0.2) is 0 Å². The van der Waals surface area contributed by atoms with Gasteiger partial charge in [-0.1, -0.05) is 29.2 Å². The van der Waals surface area contributed by atoms with Crippen molar-refractivity contribution in [1.82, 2.24) is 15.5 Å². The van der Waals surface area contributed by atoms with E-state index >= 15 is 0 Å². The van der Waals surface area contributed by atoms with Gasteiger partial charge in [0, 0.05) is 18.0 Å². The van der Waals surface area contributed by atoms with Gasteiger partial charge in [-0.15, -0.1) is 11.3 Å². The number of phenolic OH excluding ortho intramolecular Hbond substituents is 1. The summed E-state index contributed by atoms with van der Waals surface area (Å²) in [7, 11) is 0. The SMILES string of the molecule is O=C(NCCCCCc1nc(-c2cccs2)no1)c1cc(Cl)ccc1O. The van der Waals surface area contributed by atoms with Gasteiger partial charge in [0.1, 0.15) is 5.75 Å². The third kappa shape index (κ3) is 4.83. The predicted molar refractivity (Wildman–Crippen MR) is 101 cm³/mol. The normalized spacial score (nSPS) is 10.8. The van der Waals surface area contributed by atoms with Crippen LogP contribution in [0.25, 0.3) is 10.7 Å². The second kappa shape index (κ2) is 8.82. The molecule has 136 valence electrons. The first-order chi connectivity index (χ1) is 12.6. The molecule has 1 amide bonds. The van der Waals surface area contributed by atoms with E-state index < -0.39 is 0 Å². The van der Waals surface area contributed by atoms with Crippen LogP contribution in [0.2, 0.25) is 5.02 Å². The van der Waals surface area contributed by atoms with E-state index in [0.717, 1.165) is 24.1 Å². The highest BCUT2D eigenvalue weighted by molar-refractivity contribution is 7.13. The molecule has 6 nitrogen and oxygen atoms in total. The predicted octanol–water partition coefficient (Wildman–Crippen LogP) is 4.30. The van der Waals surface area contributed by atoms with Crippen molar-refractivity contribution in [2.45, 2.75) is 25.7 Å². The average molecular weight is 392 g/mol. The van der Waals surface area contributed by atoms with Crippen molar-refractivity contribution in [3.63, 3.8) is 0 Å². The maximum atomic E-state index is 12.0. The topological polar surface area (TPSA) is 88.3 Å². The Morgan fingerprint density at radius 3 is 2.96 bits per heavy atom. The van der Waals surface area contributed by atoms with Crippen LogP contribution in [-0.4, -0.2) is 27.7 Å². The van der Waals surface area contributed by atoms with E-state index in [2.05, 4.69) is 15.5 Å². The summed E-state index contributed by atoms with van der Waals surface area (Å²) in [4.78, 5) is 17.4. The first-order valence-electron chi connectivity index (χ1n) is 8.26. The number of carbonyl (C=O) groups excluding carboxylic acids is 1. The summed E-state index contributed by atoms with van der Waals surface area (Å²) in [6.45, 7) is 0.523.